The number of nitrogens with zero attached hydrogens (tertiary/aromatic N) is 4. The summed E-state index contributed by atoms with van der Waals surface area (Å²) in [5, 5.41) is 3.73. The van der Waals surface area contributed by atoms with E-state index in [1.807, 2.05) is 11.0 Å². The molecule has 2 aromatic rings. The molecule has 158 valence electrons. The van der Waals surface area contributed by atoms with E-state index >= 15 is 0 Å². The van der Waals surface area contributed by atoms with Crippen molar-refractivity contribution < 1.29 is 14.3 Å². The fourth-order valence-corrected chi connectivity index (χ4v) is 4.25. The van der Waals surface area contributed by atoms with Crippen LogP contribution in [0.1, 0.15) is 25.7 Å². The number of fused-ring (bicyclic) bond motifs is 1. The van der Waals surface area contributed by atoms with Gasteiger partial charge in [0.15, 0.2) is 0 Å². The van der Waals surface area contributed by atoms with Crippen LogP contribution in [0.4, 0.5) is 5.69 Å². The fourth-order valence-electron chi connectivity index (χ4n) is 4.25. The third-order valence-corrected chi connectivity index (χ3v) is 6.29. The molecule has 30 heavy (non-hydrogen) atoms. The maximum absolute atomic E-state index is 12.8. The second-order valence-electron chi connectivity index (χ2n) is 8.49. The molecule has 0 bridgehead atoms. The molecule has 3 heterocycles. The van der Waals surface area contributed by atoms with E-state index in [-0.39, 0.29) is 17.7 Å². The normalized spacial score (nSPS) is 22.1. The van der Waals surface area contributed by atoms with Gasteiger partial charge in [-0.3, -0.25) is 9.59 Å². The molecule has 3 fully saturated rings. The first-order valence-electron chi connectivity index (χ1n) is 10.9. The number of hydrogen-bond donors (Lipinski definition) is 1. The minimum atomic E-state index is -0.172. The summed E-state index contributed by atoms with van der Waals surface area (Å²) in [5.41, 5.74) is 1.97. The number of benzene rings is 1. The molecule has 2 saturated heterocycles. The number of carbonyl (C=O) groups excluding carboxylic acids is 2. The van der Waals surface area contributed by atoms with Crippen LogP contribution in [0, 0.1) is 11.8 Å². The predicted molar refractivity (Wildman–Crippen MR) is 112 cm³/mol. The first-order chi connectivity index (χ1) is 14.7. The number of piperazine rings is 1. The van der Waals surface area contributed by atoms with Crippen LogP contribution in [-0.4, -0.2) is 66.0 Å². The Balaban J connectivity index is 1.25. The van der Waals surface area contributed by atoms with Crippen LogP contribution in [0.2, 0.25) is 0 Å². The summed E-state index contributed by atoms with van der Waals surface area (Å²) in [5.74, 6) is 1.25. The van der Waals surface area contributed by atoms with Crippen LogP contribution in [0.5, 0.6) is 5.88 Å². The van der Waals surface area contributed by atoms with Gasteiger partial charge in [0.2, 0.25) is 17.7 Å². The Morgan fingerprint density at radius 2 is 1.97 bits per heavy atom. The van der Waals surface area contributed by atoms with E-state index < -0.39 is 0 Å². The van der Waals surface area contributed by atoms with Crippen molar-refractivity contribution in [2.75, 3.05) is 44.2 Å². The number of piperidine rings is 1. The summed E-state index contributed by atoms with van der Waals surface area (Å²) in [6.07, 6.45) is 5.08. The molecule has 1 aliphatic carbocycles. The van der Waals surface area contributed by atoms with Gasteiger partial charge in [0, 0.05) is 50.7 Å². The predicted octanol–water partition coefficient (Wildman–Crippen LogP) is 1.59. The average Bonchev–Trinajstić information content (AvgIpc) is 3.61. The number of aromatic nitrogens is 2. The van der Waals surface area contributed by atoms with Crippen LogP contribution in [-0.2, 0) is 9.59 Å². The summed E-state index contributed by atoms with van der Waals surface area (Å²) < 4.78 is 5.95. The van der Waals surface area contributed by atoms with E-state index in [0.29, 0.717) is 37.9 Å². The van der Waals surface area contributed by atoms with Gasteiger partial charge in [0.05, 0.1) is 17.5 Å². The lowest BCUT2D eigenvalue weighted by Gasteiger charge is -2.38. The molecular formula is C22H27N5O3. The minimum Gasteiger partial charge on any atom is -0.477 e. The van der Waals surface area contributed by atoms with Crippen molar-refractivity contribution >= 4 is 28.4 Å². The van der Waals surface area contributed by atoms with Gasteiger partial charge in [-0.2, -0.15) is 0 Å². The zero-order valence-corrected chi connectivity index (χ0v) is 17.0. The van der Waals surface area contributed by atoms with Crippen LogP contribution in [0.25, 0.3) is 10.9 Å². The third-order valence-electron chi connectivity index (χ3n) is 6.29. The van der Waals surface area contributed by atoms with Crippen molar-refractivity contribution in [1.29, 1.82) is 0 Å². The summed E-state index contributed by atoms with van der Waals surface area (Å²) in [4.78, 5) is 37.3. The monoisotopic (exact) mass is 409 g/mol. The zero-order chi connectivity index (χ0) is 20.5. The van der Waals surface area contributed by atoms with Gasteiger partial charge >= 0.3 is 0 Å². The summed E-state index contributed by atoms with van der Waals surface area (Å²) in [6, 6.07) is 6.18. The number of ether oxygens (including phenoxy) is 1. The van der Waals surface area contributed by atoms with E-state index in [4.69, 9.17) is 4.74 Å². The first kappa shape index (κ1) is 19.1. The lowest BCUT2D eigenvalue weighted by molar-refractivity contribution is -0.140. The Kier molecular flexibility index (Phi) is 5.14. The van der Waals surface area contributed by atoms with E-state index in [1.165, 1.54) is 12.8 Å². The third kappa shape index (κ3) is 4.04. The Bertz CT molecular complexity index is 953. The standard InChI is InChI=1S/C22H27N5O3/c28-20-11-16(5-6-23-20)22(29)27-9-7-26(8-10-27)17-3-4-19-18(12-17)21(25-14-24-19)30-13-15-1-2-15/h3-4,12,14-16H,1-2,5-11,13H2,(H,23,28). The highest BCUT2D eigenvalue weighted by Gasteiger charge is 2.31. The first-order valence-corrected chi connectivity index (χ1v) is 10.9. The summed E-state index contributed by atoms with van der Waals surface area (Å²) >= 11 is 0. The highest BCUT2D eigenvalue weighted by atomic mass is 16.5. The molecule has 2 amide bonds. The van der Waals surface area contributed by atoms with E-state index in [2.05, 4.69) is 32.3 Å². The molecule has 1 aromatic carbocycles. The molecule has 8 heteroatoms. The van der Waals surface area contributed by atoms with Crippen LogP contribution < -0.4 is 15.0 Å². The summed E-state index contributed by atoms with van der Waals surface area (Å²) in [7, 11) is 0. The molecule has 1 aromatic heterocycles. The average molecular weight is 409 g/mol. The van der Waals surface area contributed by atoms with Crippen LogP contribution in [0.3, 0.4) is 0 Å². The smallest absolute Gasteiger partial charge is 0.226 e. The van der Waals surface area contributed by atoms with Gasteiger partial charge in [-0.1, -0.05) is 0 Å². The van der Waals surface area contributed by atoms with Gasteiger partial charge in [-0.25, -0.2) is 9.97 Å². The van der Waals surface area contributed by atoms with Crippen LogP contribution in [0.15, 0.2) is 24.5 Å². The number of rotatable bonds is 5. The topological polar surface area (TPSA) is 87.7 Å². The highest BCUT2D eigenvalue weighted by molar-refractivity contribution is 5.88. The molecule has 0 spiro atoms. The number of nitrogens with one attached hydrogen (secondary N) is 1. The fraction of sp³-hybridized carbons (Fsp3) is 0.545. The van der Waals surface area contributed by atoms with Crippen molar-refractivity contribution in [2.45, 2.75) is 25.7 Å². The molecule has 1 saturated carbocycles. The highest BCUT2D eigenvalue weighted by Crippen LogP contribution is 2.32. The molecule has 1 atom stereocenters. The number of carbonyl (C=O) groups is 2. The zero-order valence-electron chi connectivity index (χ0n) is 17.0. The molecule has 3 aliphatic rings. The van der Waals surface area contributed by atoms with Crippen molar-refractivity contribution in [3.8, 4) is 5.88 Å². The maximum Gasteiger partial charge on any atom is 0.226 e. The van der Waals surface area contributed by atoms with Gasteiger partial charge in [0.25, 0.3) is 0 Å². The van der Waals surface area contributed by atoms with E-state index in [9.17, 15) is 9.59 Å². The lowest BCUT2D eigenvalue weighted by atomic mass is 9.95. The Labute approximate surface area is 175 Å². The van der Waals surface area contributed by atoms with Crippen LogP contribution >= 0.6 is 0 Å². The van der Waals surface area contributed by atoms with Gasteiger partial charge in [0.1, 0.15) is 6.33 Å². The largest absolute Gasteiger partial charge is 0.477 e. The maximum atomic E-state index is 12.8. The van der Waals surface area contributed by atoms with E-state index in [0.717, 1.165) is 42.7 Å². The molecule has 1 N–H and O–H groups in total. The molecule has 0 radical (unpaired) electrons. The number of amides is 2. The Hall–Kier alpha value is -2.90. The lowest BCUT2D eigenvalue weighted by Crippen LogP contribution is -2.52. The second kappa shape index (κ2) is 8.08. The molecule has 8 nitrogen and oxygen atoms in total. The van der Waals surface area contributed by atoms with Crippen molar-refractivity contribution in [3.05, 3.63) is 24.5 Å². The molecule has 2 aliphatic heterocycles. The Morgan fingerprint density at radius 3 is 2.73 bits per heavy atom. The van der Waals surface area contributed by atoms with Crippen molar-refractivity contribution in [1.82, 2.24) is 20.2 Å². The molecule has 1 unspecified atom stereocenters. The second-order valence-corrected chi connectivity index (χ2v) is 8.49. The quantitative estimate of drug-likeness (QED) is 0.807. The number of anilines is 1. The number of hydrogen-bond acceptors (Lipinski definition) is 6. The van der Waals surface area contributed by atoms with Crippen molar-refractivity contribution in [3.63, 3.8) is 0 Å². The minimum absolute atomic E-state index is 0.0173. The summed E-state index contributed by atoms with van der Waals surface area (Å²) in [6.45, 7) is 4.19. The van der Waals surface area contributed by atoms with E-state index in [1.54, 1.807) is 6.33 Å². The van der Waals surface area contributed by atoms with Gasteiger partial charge in [-0.05, 0) is 43.4 Å². The SMILES string of the molecule is O=C1CC(C(=O)N2CCN(c3ccc4ncnc(OCC5CC5)c4c3)CC2)CCN1. The van der Waals surface area contributed by atoms with Gasteiger partial charge in [-0.15, -0.1) is 0 Å². The Morgan fingerprint density at radius 1 is 1.13 bits per heavy atom. The van der Waals surface area contributed by atoms with Crippen molar-refractivity contribution in [2.24, 2.45) is 11.8 Å². The van der Waals surface area contributed by atoms with Gasteiger partial charge < -0.3 is 19.9 Å². The molecule has 5 rings (SSSR count). The molecular weight excluding hydrogens is 382 g/mol.